The van der Waals surface area contributed by atoms with E-state index in [4.69, 9.17) is 14.2 Å². The molecule has 111 heavy (non-hydrogen) atoms. The van der Waals surface area contributed by atoms with Crippen molar-refractivity contribution in [2.45, 2.75) is 98.0 Å². The summed E-state index contributed by atoms with van der Waals surface area (Å²) in [5, 5.41) is 12.5. The van der Waals surface area contributed by atoms with Crippen molar-refractivity contribution in [2.75, 3.05) is 72.1 Å². The summed E-state index contributed by atoms with van der Waals surface area (Å²) in [6.07, 6.45) is -11.9. The number of rotatable bonds is 8. The van der Waals surface area contributed by atoms with Gasteiger partial charge >= 0.3 is 36.8 Å². The molecule has 0 aliphatic carbocycles. The summed E-state index contributed by atoms with van der Waals surface area (Å²) in [6, 6.07) is 24.9. The standard InChI is InChI=1S/C26H21F4N5O3.C25H27F4N5O3.C24H25F4N5O3/c1-16-14-33(11-12-34(16)25(37)38-19-5-3-2-4-6-19)24(36)22-15-35-23(31-22)20(26(28,29)30)13-21(32-35)17-7-9-18(27)10-8-17;1-15-12-32(9-10-33(15)23(36)37-14-24(2,3)4)22(35)20-13-34-21(30-20)18(25(27,28)29)11-19(31-34)16-5-7-17(26)8-6-16;1-23(2,3)36-22(35)32-10-4-9-31(11-12-32)21(34)19-14-33-20(29-19)17(24(26,27)28)13-18(30-33)15-5-7-16(25)8-6-15/h2-10,13,15-16H,11-12,14H2,1H3;5-8,11,13,15H,9-10,12,14H2,1-4H3;5-8,13-14H,4,9-12H2,1-3H3/t16-;15-;/m00./s1. The van der Waals surface area contributed by atoms with Gasteiger partial charge in [-0.2, -0.15) is 54.8 Å². The Labute approximate surface area is 625 Å². The molecule has 10 aromatic rings. The summed E-state index contributed by atoms with van der Waals surface area (Å²) >= 11 is 0. The number of hydrogen-bond acceptors (Lipinski definition) is 15. The van der Waals surface area contributed by atoms with Gasteiger partial charge in [-0.25, -0.2) is 56.1 Å². The molecule has 4 aromatic carbocycles. The van der Waals surface area contributed by atoms with Crippen molar-refractivity contribution in [2.24, 2.45) is 5.41 Å². The summed E-state index contributed by atoms with van der Waals surface area (Å²) in [6.45, 7) is 16.9. The number of piperazine rings is 2. The molecule has 13 rings (SSSR count). The number of fused-ring (bicyclic) bond motifs is 3. The molecular formula is C75H73F12N15O9. The normalized spacial score (nSPS) is 16.0. The molecule has 3 aliphatic rings. The van der Waals surface area contributed by atoms with Gasteiger partial charge < -0.3 is 43.6 Å². The number of para-hydroxylation sites is 1. The van der Waals surface area contributed by atoms with E-state index in [2.05, 4.69) is 30.2 Å². The fourth-order valence-electron chi connectivity index (χ4n) is 12.1. The Bertz CT molecular complexity index is 5080. The number of benzene rings is 4. The molecule has 0 spiro atoms. The zero-order valence-electron chi connectivity index (χ0n) is 60.8. The summed E-state index contributed by atoms with van der Waals surface area (Å²) in [4.78, 5) is 97.7. The number of alkyl halides is 9. The minimum Gasteiger partial charge on any atom is -0.449 e. The molecular weight excluding hydrogens is 1480 g/mol. The van der Waals surface area contributed by atoms with E-state index in [-0.39, 0.29) is 121 Å². The van der Waals surface area contributed by atoms with Crippen molar-refractivity contribution in [3.05, 3.63) is 191 Å². The van der Waals surface area contributed by atoms with Gasteiger partial charge in [0.2, 0.25) is 0 Å². The Balaban J connectivity index is 0.000000165. The second kappa shape index (κ2) is 32.0. The van der Waals surface area contributed by atoms with Crippen LogP contribution in [0.1, 0.15) is 110 Å². The molecule has 586 valence electrons. The van der Waals surface area contributed by atoms with Gasteiger partial charge in [-0.3, -0.25) is 14.4 Å². The van der Waals surface area contributed by atoms with Crippen molar-refractivity contribution in [1.29, 1.82) is 0 Å². The SMILES string of the molecule is CC(C)(C)OC(=O)N1CCCN(C(=O)c2cn3nc(-c4ccc(F)cc4)cc(C(F)(F)F)c3n2)CC1.C[C@H]1CN(C(=O)c2cn3nc(-c4ccc(F)cc4)cc(C(F)(F)F)c3n2)CCN1C(=O)OCC(C)(C)C.C[C@H]1CN(C(=O)c2cn3nc(-c4ccc(F)cc4)cc(C(F)(F)F)c3n2)CCN1C(=O)Oc1ccccc1. The molecule has 6 amide bonds. The second-order valence-electron chi connectivity index (χ2n) is 28.5. The van der Waals surface area contributed by atoms with Crippen molar-refractivity contribution in [1.82, 2.24) is 73.2 Å². The van der Waals surface area contributed by atoms with Crippen LogP contribution >= 0.6 is 0 Å². The first kappa shape index (κ1) is 80.1. The second-order valence-corrected chi connectivity index (χ2v) is 28.5. The summed E-state index contributed by atoms with van der Waals surface area (Å²) in [5.41, 5.74) is -5.56. The molecule has 24 nitrogen and oxygen atoms in total. The Hall–Kier alpha value is -11.9. The lowest BCUT2D eigenvalue weighted by molar-refractivity contribution is -0.137. The Morgan fingerprint density at radius 1 is 0.423 bits per heavy atom. The van der Waals surface area contributed by atoms with Crippen LogP contribution < -0.4 is 4.74 Å². The van der Waals surface area contributed by atoms with Crippen LogP contribution in [0.25, 0.3) is 50.7 Å². The van der Waals surface area contributed by atoms with Crippen molar-refractivity contribution >= 4 is 52.9 Å². The van der Waals surface area contributed by atoms with Gasteiger partial charge in [-0.1, -0.05) is 39.0 Å². The number of carbonyl (C=O) groups excluding carboxylic acids is 6. The molecule has 36 heteroatoms. The van der Waals surface area contributed by atoms with Crippen molar-refractivity contribution in [3.63, 3.8) is 0 Å². The molecule has 0 bridgehead atoms. The third kappa shape index (κ3) is 19.4. The van der Waals surface area contributed by atoms with E-state index in [1.807, 2.05) is 20.8 Å². The Morgan fingerprint density at radius 3 is 1.12 bits per heavy atom. The number of aromatic nitrogens is 9. The molecule has 3 fully saturated rings. The van der Waals surface area contributed by atoms with Crippen LogP contribution in [0.15, 0.2) is 140 Å². The van der Waals surface area contributed by atoms with Gasteiger partial charge in [0.25, 0.3) is 17.7 Å². The number of nitrogens with zero attached hydrogens (tertiary/aromatic N) is 15. The highest BCUT2D eigenvalue weighted by atomic mass is 19.4. The highest BCUT2D eigenvalue weighted by molar-refractivity contribution is 5.95. The quantitative estimate of drug-likeness (QED) is 0.129. The maximum absolute atomic E-state index is 13.9. The summed E-state index contributed by atoms with van der Waals surface area (Å²) in [5.74, 6) is -2.94. The highest BCUT2D eigenvalue weighted by Crippen LogP contribution is 2.38. The topological polar surface area (TPSA) is 240 Å². The van der Waals surface area contributed by atoms with E-state index >= 15 is 0 Å². The number of hydrogen-bond donors (Lipinski definition) is 0. The summed E-state index contributed by atoms with van der Waals surface area (Å²) < 4.78 is 184. The maximum atomic E-state index is 13.9. The lowest BCUT2D eigenvalue weighted by atomic mass is 9.99. The Morgan fingerprint density at radius 2 is 0.766 bits per heavy atom. The monoisotopic (exact) mass is 1560 g/mol. The molecule has 0 saturated carbocycles. The third-order valence-corrected chi connectivity index (χ3v) is 17.6. The van der Waals surface area contributed by atoms with E-state index in [0.717, 1.165) is 86.7 Å². The van der Waals surface area contributed by atoms with Crippen LogP contribution in [-0.2, 0) is 28.0 Å². The molecule has 0 radical (unpaired) electrons. The molecule has 0 N–H and O–H groups in total. The molecule has 9 heterocycles. The molecule has 0 unspecified atom stereocenters. The first-order valence-electron chi connectivity index (χ1n) is 34.7. The number of ether oxygens (including phenoxy) is 3. The average Bonchev–Trinajstić information content (AvgIpc) is 1.66. The zero-order valence-corrected chi connectivity index (χ0v) is 60.8. The van der Waals surface area contributed by atoms with E-state index in [9.17, 15) is 81.5 Å². The van der Waals surface area contributed by atoms with Crippen LogP contribution in [0.2, 0.25) is 0 Å². The minimum atomic E-state index is -4.77. The molecule has 3 aliphatic heterocycles. The van der Waals surface area contributed by atoms with E-state index in [1.54, 1.807) is 65.0 Å². The smallest absolute Gasteiger partial charge is 0.420 e. The molecule has 2 atom stereocenters. The first-order valence-corrected chi connectivity index (χ1v) is 34.7. The predicted octanol–water partition coefficient (Wildman–Crippen LogP) is 14.4. The van der Waals surface area contributed by atoms with Gasteiger partial charge in [0.1, 0.15) is 62.6 Å². The van der Waals surface area contributed by atoms with E-state index < -0.39 is 117 Å². The van der Waals surface area contributed by atoms with Crippen molar-refractivity contribution < 1.29 is 95.7 Å². The first-order chi connectivity index (χ1) is 52.1. The van der Waals surface area contributed by atoms with E-state index in [0.29, 0.717) is 25.3 Å². The fourth-order valence-corrected chi connectivity index (χ4v) is 12.1. The lowest BCUT2D eigenvalue weighted by Gasteiger charge is -2.39. The molecule has 6 aromatic heterocycles. The van der Waals surface area contributed by atoms with Crippen LogP contribution in [0.5, 0.6) is 5.75 Å². The largest absolute Gasteiger partial charge is 0.449 e. The predicted molar refractivity (Wildman–Crippen MR) is 376 cm³/mol. The minimum absolute atomic E-state index is 0.0472. The van der Waals surface area contributed by atoms with Crippen LogP contribution in [0.4, 0.5) is 67.1 Å². The van der Waals surface area contributed by atoms with E-state index in [1.165, 1.54) is 65.8 Å². The van der Waals surface area contributed by atoms with Gasteiger partial charge in [-0.05, 0) is 150 Å². The van der Waals surface area contributed by atoms with Crippen LogP contribution in [0, 0.1) is 22.9 Å². The van der Waals surface area contributed by atoms with Crippen LogP contribution in [-0.4, -0.2) is 199 Å². The number of imidazole rings is 3. The maximum Gasteiger partial charge on any atom is 0.420 e. The Kier molecular flexibility index (Phi) is 23.1. The average molecular weight is 1560 g/mol. The number of halogens is 12. The highest BCUT2D eigenvalue weighted by Gasteiger charge is 2.41. The summed E-state index contributed by atoms with van der Waals surface area (Å²) in [7, 11) is 0. The third-order valence-electron chi connectivity index (χ3n) is 17.6. The fraction of sp³-hybridized carbons (Fsp3) is 0.360. The van der Waals surface area contributed by atoms with Gasteiger partial charge in [0, 0.05) is 94.2 Å². The zero-order chi connectivity index (χ0) is 80.4. The van der Waals surface area contributed by atoms with Gasteiger partial charge in [0.05, 0.1) is 42.3 Å². The van der Waals surface area contributed by atoms with Crippen molar-refractivity contribution in [3.8, 4) is 39.5 Å². The van der Waals surface area contributed by atoms with Gasteiger partial charge in [-0.15, -0.1) is 0 Å². The molecule has 3 saturated heterocycles. The number of amides is 6. The van der Waals surface area contributed by atoms with Gasteiger partial charge in [0.15, 0.2) is 16.9 Å². The lowest BCUT2D eigenvalue weighted by Crippen LogP contribution is -2.56. The number of carbonyl (C=O) groups is 6. The van der Waals surface area contributed by atoms with Crippen LogP contribution in [0.3, 0.4) is 0 Å².